The predicted molar refractivity (Wildman–Crippen MR) is 108 cm³/mol. The minimum absolute atomic E-state index is 0.718. The summed E-state index contributed by atoms with van der Waals surface area (Å²) < 4.78 is 5.50. The first-order valence-corrected chi connectivity index (χ1v) is 9.90. The highest BCUT2D eigenvalue weighted by molar-refractivity contribution is 7.09. The third-order valence-corrected chi connectivity index (χ3v) is 5.59. The molecule has 0 aliphatic carbocycles. The van der Waals surface area contributed by atoms with E-state index in [4.69, 9.17) is 4.74 Å². The number of aromatic nitrogens is 1. The standard InChI is InChI=1S/C19H27N5OS/c1-4-18-22-15(14-26-18)13-21-19(20-2)24-11-9-23(10-12-24)16-7-5-6-8-17(16)25-3/h5-8,14H,4,9-13H2,1-3H3,(H,20,21). The minimum atomic E-state index is 0.718. The lowest BCUT2D eigenvalue weighted by Gasteiger charge is -2.38. The van der Waals surface area contributed by atoms with Crippen LogP contribution in [0.25, 0.3) is 0 Å². The zero-order chi connectivity index (χ0) is 18.4. The predicted octanol–water partition coefficient (Wildman–Crippen LogP) is 2.61. The number of para-hydroxylation sites is 2. The molecule has 0 amide bonds. The Morgan fingerprint density at radius 2 is 2.04 bits per heavy atom. The third-order valence-electron chi connectivity index (χ3n) is 4.55. The number of hydrogen-bond donors (Lipinski definition) is 1. The molecule has 0 atom stereocenters. The number of ether oxygens (including phenoxy) is 1. The molecule has 1 aromatic carbocycles. The Labute approximate surface area is 159 Å². The van der Waals surface area contributed by atoms with Crippen LogP contribution in [0.5, 0.6) is 5.75 Å². The summed E-state index contributed by atoms with van der Waals surface area (Å²) >= 11 is 1.72. The fourth-order valence-electron chi connectivity index (χ4n) is 3.14. The van der Waals surface area contributed by atoms with Crippen LogP contribution in [0.3, 0.4) is 0 Å². The first kappa shape index (κ1) is 18.5. The van der Waals surface area contributed by atoms with Crippen LogP contribution in [-0.4, -0.2) is 56.2 Å². The molecule has 1 aromatic heterocycles. The highest BCUT2D eigenvalue weighted by Crippen LogP contribution is 2.28. The quantitative estimate of drug-likeness (QED) is 0.645. The Balaban J connectivity index is 1.55. The Morgan fingerprint density at radius 1 is 1.27 bits per heavy atom. The Bertz CT molecular complexity index is 737. The second-order valence-electron chi connectivity index (χ2n) is 6.13. The van der Waals surface area contributed by atoms with Gasteiger partial charge in [-0.2, -0.15) is 0 Å². The van der Waals surface area contributed by atoms with Gasteiger partial charge in [-0.3, -0.25) is 4.99 Å². The van der Waals surface area contributed by atoms with Gasteiger partial charge in [0.25, 0.3) is 0 Å². The fourth-order valence-corrected chi connectivity index (χ4v) is 3.89. The number of aliphatic imine (C=N–C) groups is 1. The van der Waals surface area contributed by atoms with E-state index in [1.165, 1.54) is 5.01 Å². The van der Waals surface area contributed by atoms with Gasteiger partial charge in [0.05, 0.1) is 30.0 Å². The maximum absolute atomic E-state index is 5.50. The Hall–Kier alpha value is -2.28. The average molecular weight is 374 g/mol. The van der Waals surface area contributed by atoms with Crippen LogP contribution in [0.2, 0.25) is 0 Å². The Kier molecular flexibility index (Phi) is 6.33. The van der Waals surface area contributed by atoms with E-state index < -0.39 is 0 Å². The molecular weight excluding hydrogens is 346 g/mol. The van der Waals surface area contributed by atoms with Crippen molar-refractivity contribution in [3.63, 3.8) is 0 Å². The van der Waals surface area contributed by atoms with Crippen molar-refractivity contribution in [1.82, 2.24) is 15.2 Å². The second kappa shape index (κ2) is 8.89. The largest absolute Gasteiger partial charge is 0.495 e. The molecular formula is C19H27N5OS. The second-order valence-corrected chi connectivity index (χ2v) is 7.08. The van der Waals surface area contributed by atoms with Crippen molar-refractivity contribution >= 4 is 23.0 Å². The van der Waals surface area contributed by atoms with E-state index in [2.05, 4.69) is 49.5 Å². The monoisotopic (exact) mass is 373 g/mol. The van der Waals surface area contributed by atoms with Crippen molar-refractivity contribution in [3.8, 4) is 5.75 Å². The molecule has 1 fully saturated rings. The lowest BCUT2D eigenvalue weighted by Crippen LogP contribution is -2.52. The van der Waals surface area contributed by atoms with E-state index >= 15 is 0 Å². The van der Waals surface area contributed by atoms with Gasteiger partial charge >= 0.3 is 0 Å². The van der Waals surface area contributed by atoms with Gasteiger partial charge in [-0.25, -0.2) is 4.98 Å². The van der Waals surface area contributed by atoms with Crippen LogP contribution in [0, 0.1) is 0 Å². The molecule has 0 radical (unpaired) electrons. The maximum Gasteiger partial charge on any atom is 0.194 e. The maximum atomic E-state index is 5.50. The van der Waals surface area contributed by atoms with Gasteiger partial charge in [-0.05, 0) is 18.6 Å². The van der Waals surface area contributed by atoms with Gasteiger partial charge in [0, 0.05) is 38.6 Å². The molecule has 3 rings (SSSR count). The first-order chi connectivity index (χ1) is 12.7. The molecule has 7 heteroatoms. The lowest BCUT2D eigenvalue weighted by atomic mass is 10.2. The summed E-state index contributed by atoms with van der Waals surface area (Å²) in [6, 6.07) is 8.20. The molecule has 140 valence electrons. The minimum Gasteiger partial charge on any atom is -0.495 e. The van der Waals surface area contributed by atoms with E-state index in [-0.39, 0.29) is 0 Å². The van der Waals surface area contributed by atoms with Crippen LogP contribution in [0.1, 0.15) is 17.6 Å². The molecule has 0 spiro atoms. The number of methoxy groups -OCH3 is 1. The summed E-state index contributed by atoms with van der Waals surface area (Å²) in [6.45, 7) is 6.59. The lowest BCUT2D eigenvalue weighted by molar-refractivity contribution is 0.367. The van der Waals surface area contributed by atoms with Crippen LogP contribution in [0.4, 0.5) is 5.69 Å². The van der Waals surface area contributed by atoms with E-state index in [0.717, 1.165) is 62.2 Å². The summed E-state index contributed by atoms with van der Waals surface area (Å²) in [5.74, 6) is 1.87. The molecule has 1 aliphatic heterocycles. The molecule has 2 aromatic rings. The highest BCUT2D eigenvalue weighted by atomic mass is 32.1. The van der Waals surface area contributed by atoms with Crippen LogP contribution in [0.15, 0.2) is 34.6 Å². The molecule has 2 heterocycles. The summed E-state index contributed by atoms with van der Waals surface area (Å²) in [5.41, 5.74) is 2.24. The third kappa shape index (κ3) is 4.27. The summed E-state index contributed by atoms with van der Waals surface area (Å²) in [4.78, 5) is 13.7. The van der Waals surface area contributed by atoms with Crippen LogP contribution < -0.4 is 15.0 Å². The number of benzene rings is 1. The zero-order valence-electron chi connectivity index (χ0n) is 15.7. The van der Waals surface area contributed by atoms with Crippen molar-refractivity contribution in [2.75, 3.05) is 45.2 Å². The molecule has 26 heavy (non-hydrogen) atoms. The number of thiazole rings is 1. The summed E-state index contributed by atoms with van der Waals surface area (Å²) in [6.07, 6.45) is 0.990. The van der Waals surface area contributed by atoms with E-state index in [0.29, 0.717) is 0 Å². The summed E-state index contributed by atoms with van der Waals surface area (Å²) in [5, 5.41) is 6.75. The fraction of sp³-hybridized carbons (Fsp3) is 0.474. The van der Waals surface area contributed by atoms with Gasteiger partial charge in [0.15, 0.2) is 5.96 Å². The number of nitrogens with one attached hydrogen (secondary N) is 1. The van der Waals surface area contributed by atoms with E-state index in [9.17, 15) is 0 Å². The molecule has 1 aliphatic rings. The highest BCUT2D eigenvalue weighted by Gasteiger charge is 2.21. The summed E-state index contributed by atoms with van der Waals surface area (Å²) in [7, 11) is 3.57. The number of nitrogens with zero attached hydrogens (tertiary/aromatic N) is 4. The normalized spacial score (nSPS) is 15.3. The number of rotatable bonds is 5. The van der Waals surface area contributed by atoms with Crippen LogP contribution in [-0.2, 0) is 13.0 Å². The smallest absolute Gasteiger partial charge is 0.194 e. The molecule has 6 nitrogen and oxygen atoms in total. The SMILES string of the molecule is CCc1nc(CNC(=NC)N2CCN(c3ccccc3OC)CC2)cs1. The molecule has 1 saturated heterocycles. The number of aryl methyl sites for hydroxylation is 1. The van der Waals surface area contributed by atoms with Gasteiger partial charge in [0.2, 0.25) is 0 Å². The molecule has 0 unspecified atom stereocenters. The Morgan fingerprint density at radius 3 is 2.69 bits per heavy atom. The van der Waals surface area contributed by atoms with E-state index in [1.54, 1.807) is 18.4 Å². The first-order valence-electron chi connectivity index (χ1n) is 9.02. The molecule has 1 N–H and O–H groups in total. The topological polar surface area (TPSA) is 53.0 Å². The molecule has 0 saturated carbocycles. The molecule has 0 bridgehead atoms. The van der Waals surface area contributed by atoms with Crippen molar-refractivity contribution in [2.24, 2.45) is 4.99 Å². The average Bonchev–Trinajstić information content (AvgIpc) is 3.17. The van der Waals surface area contributed by atoms with Gasteiger partial charge in [-0.1, -0.05) is 19.1 Å². The van der Waals surface area contributed by atoms with E-state index in [1.807, 2.05) is 19.2 Å². The van der Waals surface area contributed by atoms with Crippen molar-refractivity contribution in [3.05, 3.63) is 40.3 Å². The van der Waals surface area contributed by atoms with Crippen molar-refractivity contribution in [1.29, 1.82) is 0 Å². The number of hydrogen-bond acceptors (Lipinski definition) is 5. The van der Waals surface area contributed by atoms with Crippen molar-refractivity contribution < 1.29 is 4.74 Å². The number of piperazine rings is 1. The van der Waals surface area contributed by atoms with Gasteiger partial charge < -0.3 is 19.9 Å². The van der Waals surface area contributed by atoms with Gasteiger partial charge in [0.1, 0.15) is 5.75 Å². The zero-order valence-corrected chi connectivity index (χ0v) is 16.6. The number of anilines is 1. The van der Waals surface area contributed by atoms with Gasteiger partial charge in [-0.15, -0.1) is 11.3 Å². The van der Waals surface area contributed by atoms with Crippen LogP contribution >= 0.6 is 11.3 Å². The number of guanidine groups is 1. The van der Waals surface area contributed by atoms with Crippen molar-refractivity contribution in [2.45, 2.75) is 19.9 Å².